The molecule has 1 aliphatic rings. The van der Waals surface area contributed by atoms with Crippen LogP contribution in [-0.2, 0) is 0 Å². The molecule has 0 atom stereocenters. The van der Waals surface area contributed by atoms with E-state index in [1.165, 1.54) is 44.5 Å². The first-order valence-corrected chi connectivity index (χ1v) is 6.36. The Kier molecular flexibility index (Phi) is 4.44. The maximum atomic E-state index is 3.55. The fraction of sp³-hybridized carbons (Fsp3) is 1.00. The number of hydrogen-bond acceptors (Lipinski definition) is 2. The first-order chi connectivity index (χ1) is 5.77. The lowest BCUT2D eigenvalue weighted by Gasteiger charge is -2.23. The molecule has 0 radical (unpaired) electrons. The van der Waals surface area contributed by atoms with Gasteiger partial charge in [0.25, 0.3) is 0 Å². The second-order valence-corrected chi connectivity index (χ2v) is 5.17. The van der Waals surface area contributed by atoms with Gasteiger partial charge in [0.15, 0.2) is 0 Å². The molecule has 0 bridgehead atoms. The highest BCUT2D eigenvalue weighted by Crippen LogP contribution is 2.36. The van der Waals surface area contributed by atoms with E-state index in [0.29, 0.717) is 5.41 Å². The molecule has 1 rings (SSSR count). The van der Waals surface area contributed by atoms with Crippen molar-refractivity contribution >= 4 is 11.8 Å². The van der Waals surface area contributed by atoms with Crippen LogP contribution < -0.4 is 5.32 Å². The average Bonchev–Trinajstić information content (AvgIpc) is 2.47. The molecule has 1 N–H and O–H groups in total. The molecular formula is C10H21NS. The summed E-state index contributed by atoms with van der Waals surface area (Å²) in [6.07, 6.45) is 7.92. The zero-order valence-corrected chi connectivity index (χ0v) is 9.17. The maximum absolute atomic E-state index is 3.55. The predicted octanol–water partition coefficient (Wildman–Crippen LogP) is 2.52. The second-order valence-electron chi connectivity index (χ2n) is 4.19. The molecule has 1 saturated carbocycles. The van der Waals surface area contributed by atoms with Crippen LogP contribution in [0.15, 0.2) is 0 Å². The molecule has 1 fully saturated rings. The molecule has 0 aromatic heterocycles. The van der Waals surface area contributed by atoms with Gasteiger partial charge in [0, 0.05) is 18.8 Å². The third-order valence-corrected chi connectivity index (χ3v) is 3.46. The van der Waals surface area contributed by atoms with Gasteiger partial charge in [0.2, 0.25) is 0 Å². The Morgan fingerprint density at radius 2 is 2.00 bits per heavy atom. The maximum Gasteiger partial charge on any atom is 0.00553 e. The minimum absolute atomic E-state index is 0.623. The molecule has 0 amide bonds. The summed E-state index contributed by atoms with van der Waals surface area (Å²) in [4.78, 5) is 0. The van der Waals surface area contributed by atoms with Crippen LogP contribution in [0.5, 0.6) is 0 Å². The first kappa shape index (κ1) is 10.4. The van der Waals surface area contributed by atoms with Crippen molar-refractivity contribution in [3.05, 3.63) is 0 Å². The van der Waals surface area contributed by atoms with Crippen molar-refractivity contribution in [1.29, 1.82) is 0 Å². The monoisotopic (exact) mass is 187 g/mol. The summed E-state index contributed by atoms with van der Waals surface area (Å²) < 4.78 is 0. The van der Waals surface area contributed by atoms with Gasteiger partial charge in [-0.2, -0.15) is 11.8 Å². The fourth-order valence-electron chi connectivity index (χ4n) is 1.97. The van der Waals surface area contributed by atoms with Crippen LogP contribution in [0.2, 0.25) is 0 Å². The normalized spacial score (nSPS) is 21.5. The second kappa shape index (κ2) is 5.13. The number of thioether (sulfide) groups is 1. The third kappa shape index (κ3) is 3.36. The summed E-state index contributed by atoms with van der Waals surface area (Å²) in [5.41, 5.74) is 0.623. The van der Waals surface area contributed by atoms with Gasteiger partial charge in [-0.1, -0.05) is 19.8 Å². The summed E-state index contributed by atoms with van der Waals surface area (Å²) >= 11 is 1.92. The number of hydrogen-bond donors (Lipinski definition) is 1. The van der Waals surface area contributed by atoms with Crippen LogP contribution in [0.1, 0.15) is 32.6 Å². The van der Waals surface area contributed by atoms with Gasteiger partial charge < -0.3 is 5.32 Å². The summed E-state index contributed by atoms with van der Waals surface area (Å²) in [5.74, 6) is 1.25. The molecule has 12 heavy (non-hydrogen) atoms. The number of rotatable bonds is 5. The summed E-state index contributed by atoms with van der Waals surface area (Å²) in [5, 5.41) is 3.55. The van der Waals surface area contributed by atoms with Crippen molar-refractivity contribution in [2.45, 2.75) is 32.6 Å². The van der Waals surface area contributed by atoms with E-state index in [-0.39, 0.29) is 0 Å². The summed E-state index contributed by atoms with van der Waals surface area (Å²) in [6.45, 7) is 4.83. The molecule has 0 unspecified atom stereocenters. The van der Waals surface area contributed by atoms with Crippen LogP contribution in [0.25, 0.3) is 0 Å². The van der Waals surface area contributed by atoms with Crippen LogP contribution >= 0.6 is 11.8 Å². The molecular weight excluding hydrogens is 166 g/mol. The van der Waals surface area contributed by atoms with E-state index in [9.17, 15) is 0 Å². The van der Waals surface area contributed by atoms with Crippen molar-refractivity contribution in [3.63, 3.8) is 0 Å². The highest BCUT2D eigenvalue weighted by Gasteiger charge is 2.27. The summed E-state index contributed by atoms with van der Waals surface area (Å²) in [7, 11) is 0. The Morgan fingerprint density at radius 1 is 1.33 bits per heavy atom. The number of nitrogens with one attached hydrogen (secondary N) is 1. The van der Waals surface area contributed by atoms with E-state index in [4.69, 9.17) is 0 Å². The van der Waals surface area contributed by atoms with Crippen molar-refractivity contribution in [2.75, 3.05) is 25.1 Å². The predicted molar refractivity (Wildman–Crippen MR) is 57.8 cm³/mol. The molecule has 1 nitrogen and oxygen atoms in total. The Hall–Kier alpha value is 0.310. The van der Waals surface area contributed by atoms with Gasteiger partial charge in [-0.3, -0.25) is 0 Å². The van der Waals surface area contributed by atoms with Crippen molar-refractivity contribution in [1.82, 2.24) is 5.32 Å². The van der Waals surface area contributed by atoms with Gasteiger partial charge >= 0.3 is 0 Å². The lowest BCUT2D eigenvalue weighted by Crippen LogP contribution is -2.30. The van der Waals surface area contributed by atoms with E-state index in [1.54, 1.807) is 0 Å². The Labute approximate surface area is 80.7 Å². The van der Waals surface area contributed by atoms with E-state index in [1.807, 2.05) is 11.8 Å². The van der Waals surface area contributed by atoms with Crippen molar-refractivity contribution in [2.24, 2.45) is 5.41 Å². The summed E-state index contributed by atoms with van der Waals surface area (Å²) in [6, 6.07) is 0. The molecule has 72 valence electrons. The van der Waals surface area contributed by atoms with Crippen LogP contribution in [0, 0.1) is 5.41 Å². The van der Waals surface area contributed by atoms with Gasteiger partial charge in [-0.05, 0) is 24.5 Å². The van der Waals surface area contributed by atoms with E-state index in [2.05, 4.69) is 18.5 Å². The Morgan fingerprint density at radius 3 is 2.58 bits per heavy atom. The topological polar surface area (TPSA) is 12.0 Å². The molecule has 2 heteroatoms. The smallest absolute Gasteiger partial charge is 0.00553 e. The molecule has 0 aliphatic heterocycles. The van der Waals surface area contributed by atoms with Gasteiger partial charge in [-0.15, -0.1) is 0 Å². The lowest BCUT2D eigenvalue weighted by atomic mass is 9.89. The van der Waals surface area contributed by atoms with Gasteiger partial charge in [0.05, 0.1) is 0 Å². The molecule has 0 heterocycles. The Balaban J connectivity index is 2.05. The van der Waals surface area contributed by atoms with Crippen molar-refractivity contribution < 1.29 is 0 Å². The average molecular weight is 187 g/mol. The quantitative estimate of drug-likeness (QED) is 0.664. The zero-order valence-electron chi connectivity index (χ0n) is 8.36. The minimum Gasteiger partial charge on any atom is -0.315 e. The van der Waals surface area contributed by atoms with Gasteiger partial charge in [0.1, 0.15) is 0 Å². The highest BCUT2D eigenvalue weighted by atomic mass is 32.2. The van der Waals surface area contributed by atoms with E-state index < -0.39 is 0 Å². The molecule has 0 saturated heterocycles. The first-order valence-electron chi connectivity index (χ1n) is 4.96. The van der Waals surface area contributed by atoms with Crippen LogP contribution in [0.4, 0.5) is 0 Å². The van der Waals surface area contributed by atoms with Crippen LogP contribution in [0.3, 0.4) is 0 Å². The van der Waals surface area contributed by atoms with Crippen LogP contribution in [-0.4, -0.2) is 25.1 Å². The standard InChI is InChI=1S/C10H21NS/c1-10(5-3-4-6-10)9-11-7-8-12-2/h11H,3-9H2,1-2H3. The Bertz CT molecular complexity index is 119. The highest BCUT2D eigenvalue weighted by molar-refractivity contribution is 7.98. The molecule has 0 aromatic carbocycles. The fourth-order valence-corrected chi connectivity index (χ4v) is 2.32. The minimum atomic E-state index is 0.623. The van der Waals surface area contributed by atoms with Crippen molar-refractivity contribution in [3.8, 4) is 0 Å². The SMILES string of the molecule is CSCCNCC1(C)CCCC1. The third-order valence-electron chi connectivity index (χ3n) is 2.85. The van der Waals surface area contributed by atoms with Gasteiger partial charge in [-0.25, -0.2) is 0 Å². The van der Waals surface area contributed by atoms with E-state index >= 15 is 0 Å². The lowest BCUT2D eigenvalue weighted by molar-refractivity contribution is 0.319. The van der Waals surface area contributed by atoms with E-state index in [0.717, 1.165) is 0 Å². The zero-order chi connectivity index (χ0) is 8.86. The largest absolute Gasteiger partial charge is 0.315 e. The molecule has 1 aliphatic carbocycles. The molecule has 0 aromatic rings. The molecule has 0 spiro atoms.